The Hall–Kier alpha value is -1.06. The molecule has 15 heavy (non-hydrogen) atoms. The summed E-state index contributed by atoms with van der Waals surface area (Å²) in [5.41, 5.74) is -0.301. The van der Waals surface area contributed by atoms with Crippen molar-refractivity contribution in [3.8, 4) is 6.07 Å². The van der Waals surface area contributed by atoms with Crippen LogP contribution in [0.3, 0.4) is 0 Å². The Kier molecular flexibility index (Phi) is 4.31. The monoisotopic (exact) mass is 207 g/mol. The van der Waals surface area contributed by atoms with E-state index in [1.165, 1.54) is 0 Å². The zero-order chi connectivity index (χ0) is 12.3. The normalized spacial score (nSPS) is 16.3. The van der Waals surface area contributed by atoms with E-state index in [-0.39, 0.29) is 23.0 Å². The topological polar surface area (TPSA) is 40.2 Å². The average Bonchev–Trinajstić information content (AvgIpc) is 2.01. The number of nitrogens with zero attached hydrogens (tertiary/aromatic N) is 2. The Morgan fingerprint density at radius 2 is 1.60 bits per heavy atom. The van der Waals surface area contributed by atoms with E-state index < -0.39 is 0 Å². The van der Waals surface area contributed by atoms with E-state index in [1.807, 2.05) is 41.5 Å². The summed E-state index contributed by atoms with van der Waals surface area (Å²) in [6.45, 7) is 19.1. The summed E-state index contributed by atoms with van der Waals surface area (Å²) in [4.78, 5) is 3.55. The van der Waals surface area contributed by atoms with Gasteiger partial charge in [0.15, 0.2) is 0 Å². The minimum atomic E-state index is -0.318. The third kappa shape index (κ3) is 4.32. The van der Waals surface area contributed by atoms with E-state index >= 15 is 0 Å². The highest BCUT2D eigenvalue weighted by Crippen LogP contribution is 2.25. The van der Waals surface area contributed by atoms with Crippen LogP contribution in [0.1, 0.15) is 41.5 Å². The molecule has 0 aromatic rings. The van der Waals surface area contributed by atoms with Crippen LogP contribution in [-0.4, -0.2) is 12.2 Å². The van der Waals surface area contributed by atoms with Gasteiger partial charge >= 0.3 is 0 Å². The SMILES string of the molecule is [C-]#[N+]C(NC(C#N)C(C)(C)C)C(C)(C)C. The van der Waals surface area contributed by atoms with Crippen molar-refractivity contribution in [3.63, 3.8) is 0 Å². The molecule has 1 N–H and O–H groups in total. The number of nitrogens with one attached hydrogen (secondary N) is 1. The standard InChI is InChI=1S/C12H21N3/c1-11(2,3)9(8-13)15-10(14-7)12(4,5)6/h9-10,15H,1-6H3. The predicted molar refractivity (Wildman–Crippen MR) is 61.8 cm³/mol. The first-order valence-electron chi connectivity index (χ1n) is 5.15. The van der Waals surface area contributed by atoms with Gasteiger partial charge in [-0.15, -0.1) is 0 Å². The van der Waals surface area contributed by atoms with E-state index in [1.54, 1.807) is 0 Å². The number of hydrogen-bond donors (Lipinski definition) is 1. The summed E-state index contributed by atoms with van der Waals surface area (Å²) in [5, 5.41) is 12.2. The molecule has 0 rings (SSSR count). The van der Waals surface area contributed by atoms with Crippen LogP contribution in [0.15, 0.2) is 0 Å². The van der Waals surface area contributed by atoms with Crippen molar-refractivity contribution < 1.29 is 0 Å². The molecule has 0 saturated heterocycles. The van der Waals surface area contributed by atoms with Crippen molar-refractivity contribution in [2.75, 3.05) is 0 Å². The first-order chi connectivity index (χ1) is 6.62. The van der Waals surface area contributed by atoms with E-state index in [0.717, 1.165) is 0 Å². The molecule has 0 radical (unpaired) electrons. The molecule has 3 heteroatoms. The fourth-order valence-electron chi connectivity index (χ4n) is 1.12. The van der Waals surface area contributed by atoms with Gasteiger partial charge in [-0.25, -0.2) is 11.9 Å². The predicted octanol–water partition coefficient (Wildman–Crippen LogP) is 2.81. The van der Waals surface area contributed by atoms with Crippen LogP contribution in [0.25, 0.3) is 4.85 Å². The van der Waals surface area contributed by atoms with Gasteiger partial charge in [0.1, 0.15) is 6.04 Å². The minimum Gasteiger partial charge on any atom is -0.296 e. The highest BCUT2D eigenvalue weighted by Gasteiger charge is 2.35. The lowest BCUT2D eigenvalue weighted by molar-refractivity contribution is 0.239. The van der Waals surface area contributed by atoms with Gasteiger partial charge in [0.05, 0.1) is 11.5 Å². The molecule has 0 saturated carbocycles. The molecule has 0 amide bonds. The molecular formula is C12H21N3. The minimum absolute atomic E-state index is 0.150. The maximum atomic E-state index is 9.06. The Balaban J connectivity index is 4.72. The molecule has 0 bridgehead atoms. The summed E-state index contributed by atoms with van der Waals surface area (Å²) in [7, 11) is 0. The Labute approximate surface area is 93.3 Å². The number of rotatable bonds is 2. The van der Waals surface area contributed by atoms with Gasteiger partial charge in [-0.2, -0.15) is 5.26 Å². The first-order valence-corrected chi connectivity index (χ1v) is 5.15. The summed E-state index contributed by atoms with van der Waals surface area (Å²) >= 11 is 0. The van der Waals surface area contributed by atoms with Gasteiger partial charge in [-0.1, -0.05) is 41.5 Å². The lowest BCUT2D eigenvalue weighted by atomic mass is 9.85. The van der Waals surface area contributed by atoms with Gasteiger partial charge in [0.25, 0.3) is 6.17 Å². The summed E-state index contributed by atoms with van der Waals surface area (Å²) in [6.07, 6.45) is -0.318. The first kappa shape index (κ1) is 13.9. The summed E-state index contributed by atoms with van der Waals surface area (Å²) < 4.78 is 0. The molecule has 0 heterocycles. The van der Waals surface area contributed by atoms with Crippen LogP contribution >= 0.6 is 0 Å². The Morgan fingerprint density at radius 1 is 1.13 bits per heavy atom. The van der Waals surface area contributed by atoms with Crippen LogP contribution in [0, 0.1) is 28.7 Å². The lowest BCUT2D eigenvalue weighted by Crippen LogP contribution is -2.48. The molecule has 2 atom stereocenters. The van der Waals surface area contributed by atoms with Gasteiger partial charge < -0.3 is 0 Å². The molecule has 2 unspecified atom stereocenters. The van der Waals surface area contributed by atoms with Crippen molar-refractivity contribution in [1.82, 2.24) is 5.32 Å². The second kappa shape index (κ2) is 4.64. The number of hydrogen-bond acceptors (Lipinski definition) is 2. The highest BCUT2D eigenvalue weighted by atomic mass is 15.1. The molecular weight excluding hydrogens is 186 g/mol. The fraction of sp³-hybridized carbons (Fsp3) is 0.833. The molecule has 0 fully saturated rings. The van der Waals surface area contributed by atoms with Gasteiger partial charge in [0.2, 0.25) is 0 Å². The summed E-state index contributed by atoms with van der Waals surface area (Å²) in [5.74, 6) is 0. The molecule has 3 nitrogen and oxygen atoms in total. The zero-order valence-electron chi connectivity index (χ0n) is 10.5. The fourth-order valence-corrected chi connectivity index (χ4v) is 1.12. The van der Waals surface area contributed by atoms with Crippen molar-refractivity contribution >= 4 is 0 Å². The quantitative estimate of drug-likeness (QED) is 0.707. The van der Waals surface area contributed by atoms with Crippen LogP contribution < -0.4 is 5.32 Å². The van der Waals surface area contributed by atoms with Crippen LogP contribution in [-0.2, 0) is 0 Å². The van der Waals surface area contributed by atoms with Crippen molar-refractivity contribution in [2.45, 2.75) is 53.8 Å². The largest absolute Gasteiger partial charge is 0.296 e. The second-order valence-corrected chi connectivity index (χ2v) is 5.99. The van der Waals surface area contributed by atoms with E-state index in [4.69, 9.17) is 11.8 Å². The molecule has 0 aliphatic carbocycles. The Morgan fingerprint density at radius 3 is 1.80 bits per heavy atom. The summed E-state index contributed by atoms with van der Waals surface area (Å²) in [6, 6.07) is 1.93. The molecule has 0 spiro atoms. The van der Waals surface area contributed by atoms with Crippen molar-refractivity contribution in [3.05, 3.63) is 11.4 Å². The van der Waals surface area contributed by atoms with Gasteiger partial charge in [-0.3, -0.25) is 4.85 Å². The highest BCUT2D eigenvalue weighted by molar-refractivity contribution is 5.02. The molecule has 84 valence electrons. The molecule has 0 aromatic heterocycles. The molecule has 0 aliphatic heterocycles. The molecule has 0 aliphatic rings. The van der Waals surface area contributed by atoms with E-state index in [2.05, 4.69) is 16.2 Å². The molecule has 0 aromatic carbocycles. The second-order valence-electron chi connectivity index (χ2n) is 5.99. The van der Waals surface area contributed by atoms with E-state index in [0.29, 0.717) is 0 Å². The maximum absolute atomic E-state index is 9.06. The lowest BCUT2D eigenvalue weighted by Gasteiger charge is -2.30. The Bertz CT molecular complexity index is 250. The number of nitriles is 1. The van der Waals surface area contributed by atoms with Gasteiger partial charge in [0, 0.05) is 0 Å². The smallest absolute Gasteiger partial charge is 0.283 e. The van der Waals surface area contributed by atoms with Crippen LogP contribution in [0.2, 0.25) is 0 Å². The van der Waals surface area contributed by atoms with Crippen molar-refractivity contribution in [2.24, 2.45) is 10.8 Å². The maximum Gasteiger partial charge on any atom is 0.283 e. The van der Waals surface area contributed by atoms with Crippen molar-refractivity contribution in [1.29, 1.82) is 5.26 Å². The zero-order valence-corrected chi connectivity index (χ0v) is 10.5. The third-order valence-corrected chi connectivity index (χ3v) is 2.27. The van der Waals surface area contributed by atoms with Gasteiger partial charge in [-0.05, 0) is 5.41 Å². The van der Waals surface area contributed by atoms with E-state index in [9.17, 15) is 0 Å². The third-order valence-electron chi connectivity index (χ3n) is 2.27. The van der Waals surface area contributed by atoms with Crippen LogP contribution in [0.4, 0.5) is 0 Å². The average molecular weight is 207 g/mol. The van der Waals surface area contributed by atoms with Crippen LogP contribution in [0.5, 0.6) is 0 Å².